The van der Waals surface area contributed by atoms with Crippen LogP contribution in [0.25, 0.3) is 0 Å². The average Bonchev–Trinajstić information content (AvgIpc) is 2.60. The number of hydrogen-bond acceptors (Lipinski definition) is 3. The molecule has 0 radical (unpaired) electrons. The van der Waals surface area contributed by atoms with Crippen LogP contribution in [-0.2, 0) is 4.74 Å². The summed E-state index contributed by atoms with van der Waals surface area (Å²) in [4.78, 5) is 2.17. The van der Waals surface area contributed by atoms with E-state index in [0.29, 0.717) is 17.7 Å². The van der Waals surface area contributed by atoms with Crippen LogP contribution >= 0.6 is 0 Å². The summed E-state index contributed by atoms with van der Waals surface area (Å²) in [5.74, 6) is -0.263. The van der Waals surface area contributed by atoms with Crippen LogP contribution in [0.3, 0.4) is 0 Å². The van der Waals surface area contributed by atoms with Crippen molar-refractivity contribution in [2.45, 2.75) is 26.4 Å². The van der Waals surface area contributed by atoms with Crippen molar-refractivity contribution >= 4 is 5.69 Å². The van der Waals surface area contributed by atoms with E-state index in [4.69, 9.17) is 4.74 Å². The fraction of sp³-hybridized carbons (Fsp3) is 0.571. The van der Waals surface area contributed by atoms with Gasteiger partial charge in [0, 0.05) is 30.9 Å². The molecule has 1 aliphatic heterocycles. The summed E-state index contributed by atoms with van der Waals surface area (Å²) in [7, 11) is 0. The van der Waals surface area contributed by atoms with E-state index in [1.165, 1.54) is 6.07 Å². The Hall–Kier alpha value is -1.13. The predicted molar refractivity (Wildman–Crippen MR) is 69.4 cm³/mol. The molecule has 1 atom stereocenters. The Kier molecular flexibility index (Phi) is 4.19. The maximum absolute atomic E-state index is 13.6. The first kappa shape index (κ1) is 13.3. The van der Waals surface area contributed by atoms with E-state index in [1.54, 1.807) is 13.8 Å². The molecule has 1 saturated heterocycles. The molecule has 0 saturated carbocycles. The number of aliphatic hydroxyl groups is 1. The summed E-state index contributed by atoms with van der Waals surface area (Å²) in [5, 5.41) is 9.80. The minimum Gasteiger partial charge on any atom is -0.389 e. The molecule has 2 rings (SSSR count). The average molecular weight is 253 g/mol. The Morgan fingerprint density at radius 2 is 2.11 bits per heavy atom. The molecule has 0 amide bonds. The number of halogens is 1. The topological polar surface area (TPSA) is 32.7 Å². The van der Waals surface area contributed by atoms with Gasteiger partial charge in [-0.15, -0.1) is 0 Å². The van der Waals surface area contributed by atoms with E-state index in [2.05, 4.69) is 4.90 Å². The molecular weight excluding hydrogens is 233 g/mol. The molecule has 0 aromatic heterocycles. The molecule has 1 aromatic carbocycles. The second kappa shape index (κ2) is 5.67. The van der Waals surface area contributed by atoms with Crippen molar-refractivity contribution in [1.82, 2.24) is 0 Å². The predicted octanol–water partition coefficient (Wildman–Crippen LogP) is 2.41. The van der Waals surface area contributed by atoms with Crippen molar-refractivity contribution < 1.29 is 14.2 Å². The first-order chi connectivity index (χ1) is 8.59. The van der Waals surface area contributed by atoms with Gasteiger partial charge < -0.3 is 14.7 Å². The SMILES string of the molecule is Cc1cc(N2CCCOCC2)c(C(C)O)cc1F. The minimum absolute atomic E-state index is 0.263. The number of hydrogen-bond donors (Lipinski definition) is 1. The molecule has 1 unspecified atom stereocenters. The molecule has 100 valence electrons. The smallest absolute Gasteiger partial charge is 0.126 e. The van der Waals surface area contributed by atoms with Gasteiger partial charge in [-0.25, -0.2) is 4.39 Å². The van der Waals surface area contributed by atoms with E-state index in [9.17, 15) is 9.50 Å². The van der Waals surface area contributed by atoms with E-state index < -0.39 is 6.10 Å². The van der Waals surface area contributed by atoms with Crippen molar-refractivity contribution in [3.8, 4) is 0 Å². The first-order valence-corrected chi connectivity index (χ1v) is 6.40. The number of ether oxygens (including phenoxy) is 1. The summed E-state index contributed by atoms with van der Waals surface area (Å²) in [5.41, 5.74) is 2.19. The Morgan fingerprint density at radius 3 is 2.83 bits per heavy atom. The summed E-state index contributed by atoms with van der Waals surface area (Å²) in [6, 6.07) is 3.27. The molecule has 18 heavy (non-hydrogen) atoms. The molecule has 1 heterocycles. The lowest BCUT2D eigenvalue weighted by atomic mass is 10.0. The van der Waals surface area contributed by atoms with Gasteiger partial charge in [0.05, 0.1) is 12.7 Å². The van der Waals surface area contributed by atoms with Crippen LogP contribution in [0.15, 0.2) is 12.1 Å². The van der Waals surface area contributed by atoms with Crippen LogP contribution in [0.5, 0.6) is 0 Å². The van der Waals surface area contributed by atoms with Gasteiger partial charge >= 0.3 is 0 Å². The van der Waals surface area contributed by atoms with E-state index in [1.807, 2.05) is 6.07 Å². The Morgan fingerprint density at radius 1 is 1.33 bits per heavy atom. The maximum atomic E-state index is 13.6. The highest BCUT2D eigenvalue weighted by Gasteiger charge is 2.18. The molecule has 4 heteroatoms. The number of benzene rings is 1. The second-order valence-electron chi connectivity index (χ2n) is 4.79. The van der Waals surface area contributed by atoms with Crippen LogP contribution in [0.1, 0.15) is 30.6 Å². The number of aliphatic hydroxyl groups excluding tert-OH is 1. The molecule has 1 aromatic rings. The Balaban J connectivity index is 2.37. The van der Waals surface area contributed by atoms with Gasteiger partial charge in [-0.2, -0.15) is 0 Å². The summed E-state index contributed by atoms with van der Waals surface area (Å²) in [6.07, 6.45) is 0.287. The van der Waals surface area contributed by atoms with Gasteiger partial charge in [-0.3, -0.25) is 0 Å². The monoisotopic (exact) mass is 253 g/mol. The van der Waals surface area contributed by atoms with Gasteiger partial charge in [0.15, 0.2) is 0 Å². The van der Waals surface area contributed by atoms with Gasteiger partial charge in [0.25, 0.3) is 0 Å². The van der Waals surface area contributed by atoms with Crippen LogP contribution in [0, 0.1) is 12.7 Å². The lowest BCUT2D eigenvalue weighted by Gasteiger charge is -2.26. The summed E-state index contributed by atoms with van der Waals surface area (Å²) < 4.78 is 19.0. The van der Waals surface area contributed by atoms with Crippen molar-refractivity contribution in [1.29, 1.82) is 0 Å². The molecule has 1 N–H and O–H groups in total. The first-order valence-electron chi connectivity index (χ1n) is 6.40. The molecule has 0 spiro atoms. The third-order valence-corrected chi connectivity index (χ3v) is 3.32. The van der Waals surface area contributed by atoms with Crippen LogP contribution < -0.4 is 4.90 Å². The molecule has 0 bridgehead atoms. The maximum Gasteiger partial charge on any atom is 0.126 e. The van der Waals surface area contributed by atoms with E-state index in [0.717, 1.165) is 31.8 Å². The minimum atomic E-state index is -0.667. The van der Waals surface area contributed by atoms with Gasteiger partial charge in [0.2, 0.25) is 0 Å². The van der Waals surface area contributed by atoms with E-state index >= 15 is 0 Å². The number of anilines is 1. The molecule has 1 aliphatic rings. The molecular formula is C14H20FNO2. The highest BCUT2D eigenvalue weighted by molar-refractivity contribution is 5.56. The second-order valence-corrected chi connectivity index (χ2v) is 4.79. The molecule has 3 nitrogen and oxygen atoms in total. The zero-order chi connectivity index (χ0) is 13.1. The fourth-order valence-electron chi connectivity index (χ4n) is 2.28. The third kappa shape index (κ3) is 2.82. The van der Waals surface area contributed by atoms with Crippen LogP contribution in [-0.4, -0.2) is 31.4 Å². The van der Waals surface area contributed by atoms with Gasteiger partial charge in [0.1, 0.15) is 5.82 Å². The summed E-state index contributed by atoms with van der Waals surface area (Å²) in [6.45, 7) is 6.52. The van der Waals surface area contributed by atoms with Crippen molar-refractivity contribution in [3.05, 3.63) is 29.1 Å². The van der Waals surface area contributed by atoms with Crippen molar-refractivity contribution in [3.63, 3.8) is 0 Å². The molecule has 1 fully saturated rings. The highest BCUT2D eigenvalue weighted by Crippen LogP contribution is 2.29. The van der Waals surface area contributed by atoms with Gasteiger partial charge in [-0.05, 0) is 38.0 Å². The quantitative estimate of drug-likeness (QED) is 0.878. The zero-order valence-corrected chi connectivity index (χ0v) is 10.9. The lowest BCUT2D eigenvalue weighted by Crippen LogP contribution is -2.27. The Bertz CT molecular complexity index is 413. The zero-order valence-electron chi connectivity index (χ0n) is 10.9. The Labute approximate surface area is 107 Å². The van der Waals surface area contributed by atoms with Crippen molar-refractivity contribution in [2.24, 2.45) is 0 Å². The number of nitrogens with zero attached hydrogens (tertiary/aromatic N) is 1. The third-order valence-electron chi connectivity index (χ3n) is 3.32. The molecule has 0 aliphatic carbocycles. The van der Waals surface area contributed by atoms with Crippen molar-refractivity contribution in [2.75, 3.05) is 31.2 Å². The summed E-state index contributed by atoms with van der Waals surface area (Å²) >= 11 is 0. The van der Waals surface area contributed by atoms with Crippen LogP contribution in [0.4, 0.5) is 10.1 Å². The largest absolute Gasteiger partial charge is 0.389 e. The standard InChI is InChI=1S/C14H20FNO2/c1-10-8-14(12(11(2)17)9-13(10)15)16-4-3-6-18-7-5-16/h8-9,11,17H,3-7H2,1-2H3. The lowest BCUT2D eigenvalue weighted by molar-refractivity contribution is 0.152. The highest BCUT2D eigenvalue weighted by atomic mass is 19.1. The number of aryl methyl sites for hydroxylation is 1. The fourth-order valence-corrected chi connectivity index (χ4v) is 2.28. The van der Waals surface area contributed by atoms with Crippen LogP contribution in [0.2, 0.25) is 0 Å². The van der Waals surface area contributed by atoms with E-state index in [-0.39, 0.29) is 5.82 Å². The van der Waals surface area contributed by atoms with Gasteiger partial charge in [-0.1, -0.05) is 0 Å². The normalized spacial score (nSPS) is 18.6. The number of rotatable bonds is 2.